The second kappa shape index (κ2) is 6.36. The van der Waals surface area contributed by atoms with Crippen LogP contribution in [0, 0.1) is 6.92 Å². The first-order chi connectivity index (χ1) is 9.85. The maximum absolute atomic E-state index is 11.8. The Morgan fingerprint density at radius 2 is 2.14 bits per heavy atom. The molecule has 0 bridgehead atoms. The number of aryl methyl sites for hydroxylation is 2. The third kappa shape index (κ3) is 3.58. The minimum atomic E-state index is -2.90. The average molecular weight is 314 g/mol. The van der Waals surface area contributed by atoms with E-state index in [0.29, 0.717) is 6.54 Å². The van der Waals surface area contributed by atoms with Gasteiger partial charge in [0.1, 0.15) is 5.82 Å². The van der Waals surface area contributed by atoms with Gasteiger partial charge in [0.25, 0.3) is 0 Å². The van der Waals surface area contributed by atoms with E-state index in [1.54, 1.807) is 0 Å². The Morgan fingerprint density at radius 1 is 1.43 bits per heavy atom. The highest BCUT2D eigenvalue weighted by atomic mass is 32.2. The van der Waals surface area contributed by atoms with E-state index in [2.05, 4.69) is 22.2 Å². The maximum Gasteiger partial charge on any atom is 0.154 e. The van der Waals surface area contributed by atoms with Gasteiger partial charge in [0.2, 0.25) is 0 Å². The molecule has 1 N–H and O–H groups in total. The summed E-state index contributed by atoms with van der Waals surface area (Å²) in [6.07, 6.45) is 1.09. The van der Waals surface area contributed by atoms with Gasteiger partial charge >= 0.3 is 0 Å². The quantitative estimate of drug-likeness (QED) is 0.816. The van der Waals surface area contributed by atoms with Crippen LogP contribution in [0.1, 0.15) is 31.5 Å². The Balaban J connectivity index is 2.26. The van der Waals surface area contributed by atoms with Crippen LogP contribution in [0.5, 0.6) is 0 Å². The molecule has 2 heterocycles. The molecular weight excluding hydrogens is 288 g/mol. The lowest BCUT2D eigenvalue weighted by molar-refractivity contribution is 0.560. The average Bonchev–Trinajstić information content (AvgIpc) is 2.64. The minimum absolute atomic E-state index is 0.0107. The van der Waals surface area contributed by atoms with Crippen LogP contribution in [-0.4, -0.2) is 48.8 Å². The summed E-state index contributed by atoms with van der Waals surface area (Å²) < 4.78 is 25.4. The second-order valence-electron chi connectivity index (χ2n) is 5.84. The van der Waals surface area contributed by atoms with Gasteiger partial charge in [0, 0.05) is 31.7 Å². The van der Waals surface area contributed by atoms with Crippen LogP contribution >= 0.6 is 0 Å². The smallest absolute Gasteiger partial charge is 0.154 e. The van der Waals surface area contributed by atoms with Gasteiger partial charge in [-0.2, -0.15) is 5.10 Å². The third-order valence-electron chi connectivity index (χ3n) is 3.98. The van der Waals surface area contributed by atoms with Crippen LogP contribution in [-0.2, 0) is 23.4 Å². The number of hydrogen-bond acceptors (Lipinski definition) is 5. The molecule has 1 aromatic heterocycles. The van der Waals surface area contributed by atoms with Crippen LogP contribution in [0.2, 0.25) is 0 Å². The predicted molar refractivity (Wildman–Crippen MR) is 85.4 cm³/mol. The zero-order valence-corrected chi connectivity index (χ0v) is 14.2. The van der Waals surface area contributed by atoms with Crippen molar-refractivity contribution in [1.29, 1.82) is 0 Å². The minimum Gasteiger partial charge on any atom is -0.352 e. The molecule has 0 amide bonds. The molecule has 0 spiro atoms. The monoisotopic (exact) mass is 314 g/mol. The predicted octanol–water partition coefficient (Wildman–Crippen LogP) is 0.851. The molecule has 6 nitrogen and oxygen atoms in total. The van der Waals surface area contributed by atoms with Gasteiger partial charge in [-0.15, -0.1) is 0 Å². The molecule has 1 aliphatic rings. The van der Waals surface area contributed by atoms with Crippen molar-refractivity contribution in [2.45, 2.75) is 39.8 Å². The van der Waals surface area contributed by atoms with Gasteiger partial charge in [-0.25, -0.2) is 8.42 Å². The number of aromatic nitrogens is 2. The van der Waals surface area contributed by atoms with E-state index in [1.165, 1.54) is 5.56 Å². The van der Waals surface area contributed by atoms with Crippen molar-refractivity contribution in [2.75, 3.05) is 29.5 Å². The number of nitrogens with zero attached hydrogens (tertiary/aromatic N) is 3. The lowest BCUT2D eigenvalue weighted by Gasteiger charge is -2.35. The van der Waals surface area contributed by atoms with Crippen molar-refractivity contribution < 1.29 is 8.42 Å². The van der Waals surface area contributed by atoms with E-state index < -0.39 is 9.84 Å². The standard InChI is InChI=1S/C14H26N4O2S/c1-5-6-15-9-13-12(3)16-17(4)14(13)18-7-8-21(19,20)10-11(18)2/h11,15H,5-10H2,1-4H3. The molecule has 1 atom stereocenters. The van der Waals surface area contributed by atoms with Gasteiger partial charge < -0.3 is 10.2 Å². The summed E-state index contributed by atoms with van der Waals surface area (Å²) in [6.45, 7) is 8.42. The molecule has 0 saturated carbocycles. The van der Waals surface area contributed by atoms with Crippen molar-refractivity contribution in [3.63, 3.8) is 0 Å². The van der Waals surface area contributed by atoms with E-state index in [0.717, 1.165) is 31.0 Å². The fourth-order valence-electron chi connectivity index (χ4n) is 2.96. The first-order valence-electron chi connectivity index (χ1n) is 7.56. The normalized spacial score (nSPS) is 21.7. The zero-order chi connectivity index (χ0) is 15.6. The third-order valence-corrected chi connectivity index (χ3v) is 5.78. The summed E-state index contributed by atoms with van der Waals surface area (Å²) >= 11 is 0. The van der Waals surface area contributed by atoms with Gasteiger partial charge in [-0.1, -0.05) is 6.92 Å². The van der Waals surface area contributed by atoms with E-state index >= 15 is 0 Å². The summed E-state index contributed by atoms with van der Waals surface area (Å²) in [5, 5.41) is 7.94. The summed E-state index contributed by atoms with van der Waals surface area (Å²) in [5.74, 6) is 1.50. The molecular formula is C14H26N4O2S. The fraction of sp³-hybridized carbons (Fsp3) is 0.786. The van der Waals surface area contributed by atoms with E-state index in [4.69, 9.17) is 0 Å². The Hall–Kier alpha value is -1.08. The van der Waals surface area contributed by atoms with Crippen molar-refractivity contribution in [3.8, 4) is 0 Å². The summed E-state index contributed by atoms with van der Waals surface area (Å²) in [7, 11) is -0.968. The first kappa shape index (κ1) is 16.3. The fourth-order valence-corrected chi connectivity index (χ4v) is 4.52. The van der Waals surface area contributed by atoms with Crippen molar-refractivity contribution >= 4 is 15.7 Å². The van der Waals surface area contributed by atoms with Crippen molar-refractivity contribution in [3.05, 3.63) is 11.3 Å². The van der Waals surface area contributed by atoms with Gasteiger partial charge in [-0.05, 0) is 26.8 Å². The number of anilines is 1. The van der Waals surface area contributed by atoms with Crippen LogP contribution in [0.3, 0.4) is 0 Å². The van der Waals surface area contributed by atoms with Crippen molar-refractivity contribution in [2.24, 2.45) is 7.05 Å². The molecule has 1 fully saturated rings. The molecule has 2 rings (SSSR count). The van der Waals surface area contributed by atoms with Gasteiger partial charge in [0.05, 0.1) is 17.2 Å². The number of rotatable bonds is 5. The van der Waals surface area contributed by atoms with Gasteiger partial charge in [0.15, 0.2) is 9.84 Å². The van der Waals surface area contributed by atoms with E-state index in [1.807, 2.05) is 25.6 Å². The van der Waals surface area contributed by atoms with Crippen LogP contribution in [0.15, 0.2) is 0 Å². The molecule has 1 aliphatic heterocycles. The SMILES string of the molecule is CCCNCc1c(C)nn(C)c1N1CCS(=O)(=O)CC1C. The van der Waals surface area contributed by atoms with E-state index in [-0.39, 0.29) is 17.5 Å². The Bertz CT molecular complexity index is 594. The van der Waals surface area contributed by atoms with Crippen LogP contribution in [0.4, 0.5) is 5.82 Å². The molecule has 0 aliphatic carbocycles. The molecule has 1 unspecified atom stereocenters. The van der Waals surface area contributed by atoms with Crippen LogP contribution in [0.25, 0.3) is 0 Å². The highest BCUT2D eigenvalue weighted by Crippen LogP contribution is 2.27. The highest BCUT2D eigenvalue weighted by Gasteiger charge is 2.31. The topological polar surface area (TPSA) is 67.2 Å². The maximum atomic E-state index is 11.8. The van der Waals surface area contributed by atoms with E-state index in [9.17, 15) is 8.42 Å². The second-order valence-corrected chi connectivity index (χ2v) is 8.07. The lowest BCUT2D eigenvalue weighted by Crippen LogP contribution is -2.48. The summed E-state index contributed by atoms with van der Waals surface area (Å²) in [4.78, 5) is 2.18. The number of hydrogen-bond donors (Lipinski definition) is 1. The Morgan fingerprint density at radius 3 is 2.76 bits per heavy atom. The highest BCUT2D eigenvalue weighted by molar-refractivity contribution is 7.91. The zero-order valence-electron chi connectivity index (χ0n) is 13.4. The molecule has 7 heteroatoms. The first-order valence-corrected chi connectivity index (χ1v) is 9.38. The molecule has 120 valence electrons. The Labute approximate surface area is 127 Å². The molecule has 0 aromatic carbocycles. The summed E-state index contributed by atoms with van der Waals surface area (Å²) in [5.41, 5.74) is 2.19. The Kier molecular flexibility index (Phi) is 4.93. The summed E-state index contributed by atoms with van der Waals surface area (Å²) in [6, 6.07) is -0.0107. The molecule has 1 saturated heterocycles. The van der Waals surface area contributed by atoms with Crippen LogP contribution < -0.4 is 10.2 Å². The molecule has 1 aromatic rings. The molecule has 0 radical (unpaired) electrons. The largest absolute Gasteiger partial charge is 0.352 e. The lowest BCUT2D eigenvalue weighted by atomic mass is 10.2. The number of nitrogens with one attached hydrogen (secondary N) is 1. The molecule has 21 heavy (non-hydrogen) atoms. The van der Waals surface area contributed by atoms with Gasteiger partial charge in [-0.3, -0.25) is 4.68 Å². The number of sulfone groups is 1. The van der Waals surface area contributed by atoms with Crippen molar-refractivity contribution in [1.82, 2.24) is 15.1 Å².